The number of thiazole rings is 1. The highest BCUT2D eigenvalue weighted by molar-refractivity contribution is 7.09. The number of aromatic nitrogens is 1. The van der Waals surface area contributed by atoms with E-state index in [1.54, 1.807) is 25.3 Å². The van der Waals surface area contributed by atoms with Crippen LogP contribution < -0.4 is 24.3 Å². The number of likely N-dealkylation sites (N-methyl/N-ethyl adjacent to an activating group) is 1. The number of nitrogens with zero attached hydrogens (tertiary/aromatic N) is 2. The number of benzene rings is 2. The highest BCUT2D eigenvalue weighted by Gasteiger charge is 2.25. The van der Waals surface area contributed by atoms with Gasteiger partial charge in [0.05, 0.1) is 19.2 Å². The molecule has 1 atom stereocenters. The molecule has 1 N–H and O–H groups in total. The van der Waals surface area contributed by atoms with Gasteiger partial charge in [-0.25, -0.2) is 4.98 Å². The van der Waals surface area contributed by atoms with Crippen molar-refractivity contribution in [2.75, 3.05) is 45.3 Å². The van der Waals surface area contributed by atoms with Crippen LogP contribution in [0.3, 0.4) is 0 Å². The lowest BCUT2D eigenvalue weighted by Gasteiger charge is -2.24. The quantitative estimate of drug-likeness (QED) is 0.416. The van der Waals surface area contributed by atoms with E-state index in [0.717, 1.165) is 30.4 Å². The number of rotatable bonds is 11. The molecule has 8 nitrogen and oxygen atoms in total. The molecule has 0 fully saturated rings. The molecule has 3 aromatic rings. The number of amides is 1. The van der Waals surface area contributed by atoms with Crippen molar-refractivity contribution in [1.29, 1.82) is 0 Å². The number of methoxy groups -OCH3 is 1. The third kappa shape index (κ3) is 6.43. The summed E-state index contributed by atoms with van der Waals surface area (Å²) in [7, 11) is 1.60. The van der Waals surface area contributed by atoms with Gasteiger partial charge in [-0.05, 0) is 37.4 Å². The maximum absolute atomic E-state index is 12.7. The molecule has 2 aromatic carbocycles. The first-order valence-corrected chi connectivity index (χ1v) is 12.6. The number of hydrogen-bond acceptors (Lipinski definition) is 8. The molecule has 1 aliphatic rings. The van der Waals surface area contributed by atoms with Crippen LogP contribution >= 0.6 is 11.3 Å². The molecule has 1 unspecified atom stereocenters. The lowest BCUT2D eigenvalue weighted by molar-refractivity contribution is -0.115. The number of anilines is 1. The van der Waals surface area contributed by atoms with Gasteiger partial charge in [-0.3, -0.25) is 4.79 Å². The minimum absolute atomic E-state index is 0.158. The highest BCUT2D eigenvalue weighted by Crippen LogP contribution is 2.36. The van der Waals surface area contributed by atoms with Gasteiger partial charge in [-0.2, -0.15) is 0 Å². The number of hydrogen-bond donors (Lipinski definition) is 1. The standard InChI is InChI=1S/C26H31N3O5S/c1-4-29(5-2)12-13-32-23-14-18(10-11-20(23)31-3)27-25(30)15-19-17-35-26(28-19)24-16-33-21-8-6-7-9-22(21)34-24/h6-11,14,17,24H,4-5,12-13,15-16H2,1-3H3,(H,27,30). The molecule has 2 heterocycles. The Morgan fingerprint density at radius 3 is 2.74 bits per heavy atom. The molecule has 186 valence electrons. The fourth-order valence-electron chi connectivity index (χ4n) is 3.75. The van der Waals surface area contributed by atoms with Crippen LogP contribution in [0.4, 0.5) is 5.69 Å². The summed E-state index contributed by atoms with van der Waals surface area (Å²) in [5.41, 5.74) is 1.33. The van der Waals surface area contributed by atoms with Crippen molar-refractivity contribution in [3.05, 3.63) is 58.5 Å². The largest absolute Gasteiger partial charge is 0.493 e. The molecule has 9 heteroatoms. The number of para-hydroxylation sites is 2. The maximum atomic E-state index is 12.7. The molecular formula is C26H31N3O5S. The normalized spacial score (nSPS) is 14.6. The van der Waals surface area contributed by atoms with Gasteiger partial charge in [0.15, 0.2) is 29.1 Å². The monoisotopic (exact) mass is 497 g/mol. The molecule has 0 saturated heterocycles. The van der Waals surface area contributed by atoms with Crippen molar-refractivity contribution in [2.45, 2.75) is 26.4 Å². The van der Waals surface area contributed by atoms with Crippen LogP contribution in [0.5, 0.6) is 23.0 Å². The summed E-state index contributed by atoms with van der Waals surface area (Å²) in [6.45, 7) is 7.94. The van der Waals surface area contributed by atoms with Crippen molar-refractivity contribution < 1.29 is 23.7 Å². The maximum Gasteiger partial charge on any atom is 0.230 e. The van der Waals surface area contributed by atoms with E-state index in [9.17, 15) is 4.79 Å². The highest BCUT2D eigenvalue weighted by atomic mass is 32.1. The van der Waals surface area contributed by atoms with E-state index in [1.165, 1.54) is 11.3 Å². The van der Waals surface area contributed by atoms with Crippen molar-refractivity contribution in [1.82, 2.24) is 9.88 Å². The predicted molar refractivity (Wildman–Crippen MR) is 136 cm³/mol. The summed E-state index contributed by atoms with van der Waals surface area (Å²) >= 11 is 1.46. The predicted octanol–water partition coefficient (Wildman–Crippen LogP) is 4.57. The minimum atomic E-state index is -0.288. The van der Waals surface area contributed by atoms with E-state index in [-0.39, 0.29) is 18.4 Å². The molecule has 35 heavy (non-hydrogen) atoms. The van der Waals surface area contributed by atoms with Crippen LogP contribution in [-0.4, -0.2) is 55.7 Å². The third-order valence-corrected chi connectivity index (χ3v) is 6.69. The Kier molecular flexibility index (Phi) is 8.44. The molecule has 0 spiro atoms. The molecule has 0 radical (unpaired) electrons. The summed E-state index contributed by atoms with van der Waals surface area (Å²) in [5.74, 6) is 2.50. The van der Waals surface area contributed by atoms with E-state index in [2.05, 4.69) is 29.0 Å². The Balaban J connectivity index is 1.33. The molecule has 0 aliphatic carbocycles. The van der Waals surface area contributed by atoms with E-state index >= 15 is 0 Å². The zero-order chi connectivity index (χ0) is 24.6. The average Bonchev–Trinajstić information content (AvgIpc) is 3.34. The van der Waals surface area contributed by atoms with Gasteiger partial charge < -0.3 is 29.2 Å². The second kappa shape index (κ2) is 11.9. The van der Waals surface area contributed by atoms with E-state index in [1.807, 2.05) is 29.6 Å². The van der Waals surface area contributed by atoms with E-state index < -0.39 is 0 Å². The zero-order valence-corrected chi connectivity index (χ0v) is 21.1. The Morgan fingerprint density at radius 1 is 1.17 bits per heavy atom. The molecule has 1 amide bonds. The molecule has 1 aromatic heterocycles. The van der Waals surface area contributed by atoms with Crippen molar-refractivity contribution in [2.24, 2.45) is 0 Å². The van der Waals surface area contributed by atoms with Gasteiger partial charge in [0, 0.05) is 23.7 Å². The molecule has 0 bridgehead atoms. The number of carbonyl (C=O) groups is 1. The third-order valence-electron chi connectivity index (χ3n) is 5.70. The number of ether oxygens (including phenoxy) is 4. The molecular weight excluding hydrogens is 466 g/mol. The van der Waals surface area contributed by atoms with Gasteiger partial charge in [0.2, 0.25) is 5.91 Å². The van der Waals surface area contributed by atoms with Gasteiger partial charge >= 0.3 is 0 Å². The van der Waals surface area contributed by atoms with Gasteiger partial charge in [0.25, 0.3) is 0 Å². The number of nitrogens with one attached hydrogen (secondary N) is 1. The smallest absolute Gasteiger partial charge is 0.230 e. The lowest BCUT2D eigenvalue weighted by atomic mass is 10.2. The Bertz CT molecular complexity index is 1130. The summed E-state index contributed by atoms with van der Waals surface area (Å²) in [6.07, 6.45) is -0.130. The Hall–Kier alpha value is -3.30. The fraction of sp³-hybridized carbons (Fsp3) is 0.385. The first-order valence-electron chi connectivity index (χ1n) is 11.7. The van der Waals surface area contributed by atoms with E-state index in [0.29, 0.717) is 41.8 Å². The summed E-state index contributed by atoms with van der Waals surface area (Å²) < 4.78 is 23.2. The molecule has 0 saturated carbocycles. The van der Waals surface area contributed by atoms with Gasteiger partial charge in [0.1, 0.15) is 18.2 Å². The average molecular weight is 498 g/mol. The fourth-order valence-corrected chi connectivity index (χ4v) is 4.59. The Labute approximate surface area is 209 Å². The van der Waals surface area contributed by atoms with Crippen LogP contribution in [0.1, 0.15) is 30.7 Å². The molecule has 4 rings (SSSR count). The summed E-state index contributed by atoms with van der Waals surface area (Å²) in [4.78, 5) is 19.6. The molecule has 1 aliphatic heterocycles. The topological polar surface area (TPSA) is 82.2 Å². The minimum Gasteiger partial charge on any atom is -0.493 e. The van der Waals surface area contributed by atoms with Crippen molar-refractivity contribution >= 4 is 22.9 Å². The van der Waals surface area contributed by atoms with Crippen molar-refractivity contribution in [3.8, 4) is 23.0 Å². The first-order chi connectivity index (χ1) is 17.1. The summed E-state index contributed by atoms with van der Waals surface area (Å²) in [5, 5.41) is 5.60. The van der Waals surface area contributed by atoms with Gasteiger partial charge in [-0.1, -0.05) is 26.0 Å². The second-order valence-electron chi connectivity index (χ2n) is 8.01. The van der Waals surface area contributed by atoms with Crippen LogP contribution in [0.15, 0.2) is 47.8 Å². The zero-order valence-electron chi connectivity index (χ0n) is 20.3. The van der Waals surface area contributed by atoms with Crippen LogP contribution in [0.2, 0.25) is 0 Å². The lowest BCUT2D eigenvalue weighted by Crippen LogP contribution is -2.28. The summed E-state index contributed by atoms with van der Waals surface area (Å²) in [6, 6.07) is 12.9. The van der Waals surface area contributed by atoms with Crippen LogP contribution in [0.25, 0.3) is 0 Å². The van der Waals surface area contributed by atoms with Gasteiger partial charge in [-0.15, -0.1) is 11.3 Å². The number of carbonyl (C=O) groups excluding carboxylic acids is 1. The van der Waals surface area contributed by atoms with Crippen molar-refractivity contribution in [3.63, 3.8) is 0 Å². The first kappa shape index (κ1) is 24.8. The van der Waals surface area contributed by atoms with Crippen LogP contribution in [-0.2, 0) is 11.2 Å². The second-order valence-corrected chi connectivity index (χ2v) is 8.90. The SMILES string of the molecule is CCN(CC)CCOc1cc(NC(=O)Cc2csc(C3COc4ccccc4O3)n2)ccc1OC. The Morgan fingerprint density at radius 2 is 1.97 bits per heavy atom. The van der Waals surface area contributed by atoms with Crippen LogP contribution in [0, 0.1) is 0 Å². The van der Waals surface area contributed by atoms with E-state index in [4.69, 9.17) is 18.9 Å². The number of fused-ring (bicyclic) bond motifs is 1.